The van der Waals surface area contributed by atoms with E-state index >= 15 is 0 Å². The molecule has 5 atom stereocenters. The van der Waals surface area contributed by atoms with Crippen molar-refractivity contribution in [2.24, 2.45) is 11.8 Å². The molecule has 0 rings (SSSR count). The van der Waals surface area contributed by atoms with E-state index in [-0.39, 0.29) is 25.7 Å². The van der Waals surface area contributed by atoms with Crippen molar-refractivity contribution >= 4 is 39.5 Å². The first-order valence-electron chi connectivity index (χ1n) is 45.5. The van der Waals surface area contributed by atoms with Crippen LogP contribution in [-0.4, -0.2) is 96.7 Å². The van der Waals surface area contributed by atoms with Gasteiger partial charge in [-0.15, -0.1) is 0 Å². The zero-order chi connectivity index (χ0) is 78.5. The first-order valence-corrected chi connectivity index (χ1v) is 48.5. The summed E-state index contributed by atoms with van der Waals surface area (Å²) in [5, 5.41) is 10.7. The van der Waals surface area contributed by atoms with Crippen molar-refractivity contribution in [3.8, 4) is 0 Å². The molecule has 0 aromatic carbocycles. The van der Waals surface area contributed by atoms with Crippen molar-refractivity contribution in [2.45, 2.75) is 490 Å². The number of aliphatic hydroxyl groups excluding tert-OH is 1. The summed E-state index contributed by atoms with van der Waals surface area (Å²) < 4.78 is 68.9. The Balaban J connectivity index is 5.20. The average molecular weight is 1560 g/mol. The van der Waals surface area contributed by atoms with Gasteiger partial charge in [-0.2, -0.15) is 0 Å². The van der Waals surface area contributed by atoms with Crippen LogP contribution in [0.2, 0.25) is 0 Å². The standard InChI is InChI=1S/C88H172O17P2/c1-7-9-11-13-15-17-18-19-20-21-22-23-24-32-37-42-48-54-60-66-73-88(93)105-84(77-99-86(91)71-65-59-53-47-41-36-31-27-25-29-34-39-45-50-56-62-68-80(3)4)79-103-107(96,97)101-75-82(89)74-100-106(94,95)102-78-83(76-98-85(90)70-64-58-52-44-16-14-12-10-8-2)104-87(92)72-67-61-55-49-43-38-33-28-26-30-35-40-46-51-57-63-69-81(5)6/h80-84,89H,7-79H2,1-6H3,(H,94,95)(H,96,97)/t82-,83+,84+/m0/s1. The quantitative estimate of drug-likeness (QED) is 0.0222. The summed E-state index contributed by atoms with van der Waals surface area (Å²) in [6.07, 6.45) is 72.3. The molecular weight excluding hydrogens is 1390 g/mol. The van der Waals surface area contributed by atoms with Crippen LogP contribution in [0.3, 0.4) is 0 Å². The molecule has 0 aromatic rings. The van der Waals surface area contributed by atoms with Gasteiger partial charge in [0.2, 0.25) is 0 Å². The number of phosphoric acid groups is 2. The van der Waals surface area contributed by atoms with Gasteiger partial charge in [0.25, 0.3) is 0 Å². The van der Waals surface area contributed by atoms with Crippen molar-refractivity contribution in [1.82, 2.24) is 0 Å². The molecule has 0 saturated carbocycles. The Hall–Kier alpha value is -1.94. The molecule has 636 valence electrons. The molecule has 2 unspecified atom stereocenters. The lowest BCUT2D eigenvalue weighted by Crippen LogP contribution is -2.30. The molecule has 0 aromatic heterocycles. The van der Waals surface area contributed by atoms with Gasteiger partial charge in [-0.05, 0) is 37.5 Å². The van der Waals surface area contributed by atoms with Crippen molar-refractivity contribution < 1.29 is 80.2 Å². The average Bonchev–Trinajstić information content (AvgIpc) is 0.888. The van der Waals surface area contributed by atoms with Gasteiger partial charge < -0.3 is 33.8 Å². The van der Waals surface area contributed by atoms with E-state index in [1.54, 1.807) is 0 Å². The second-order valence-corrected chi connectivity index (χ2v) is 35.5. The van der Waals surface area contributed by atoms with Gasteiger partial charge in [-0.1, -0.05) is 420 Å². The lowest BCUT2D eigenvalue weighted by molar-refractivity contribution is -0.161. The number of rotatable bonds is 87. The minimum atomic E-state index is -4.97. The number of esters is 4. The maximum atomic E-state index is 13.2. The van der Waals surface area contributed by atoms with Crippen LogP contribution in [0.5, 0.6) is 0 Å². The van der Waals surface area contributed by atoms with E-state index in [9.17, 15) is 43.2 Å². The number of hydrogen-bond acceptors (Lipinski definition) is 15. The second-order valence-electron chi connectivity index (χ2n) is 32.6. The summed E-state index contributed by atoms with van der Waals surface area (Å²) in [5.41, 5.74) is 0. The Morgan fingerprint density at radius 2 is 0.430 bits per heavy atom. The highest BCUT2D eigenvalue weighted by atomic mass is 31.2. The highest BCUT2D eigenvalue weighted by Crippen LogP contribution is 2.45. The monoisotopic (exact) mass is 1560 g/mol. The van der Waals surface area contributed by atoms with Gasteiger partial charge >= 0.3 is 39.5 Å². The summed E-state index contributed by atoms with van der Waals surface area (Å²) in [6.45, 7) is 9.73. The van der Waals surface area contributed by atoms with Gasteiger partial charge in [-0.3, -0.25) is 37.3 Å². The van der Waals surface area contributed by atoms with Crippen LogP contribution in [0.1, 0.15) is 472 Å². The van der Waals surface area contributed by atoms with Crippen LogP contribution in [0.25, 0.3) is 0 Å². The molecular formula is C88H172O17P2. The van der Waals surface area contributed by atoms with Crippen molar-refractivity contribution in [2.75, 3.05) is 39.6 Å². The topological polar surface area (TPSA) is 237 Å². The number of aliphatic hydroxyl groups is 1. The molecule has 0 aliphatic rings. The Morgan fingerprint density at radius 1 is 0.252 bits per heavy atom. The Labute approximate surface area is 658 Å². The Kier molecular flexibility index (Phi) is 77.9. The number of carbonyl (C=O) groups excluding carboxylic acids is 4. The van der Waals surface area contributed by atoms with E-state index in [2.05, 4.69) is 41.5 Å². The van der Waals surface area contributed by atoms with Gasteiger partial charge in [0.05, 0.1) is 26.4 Å². The van der Waals surface area contributed by atoms with Crippen LogP contribution < -0.4 is 0 Å². The minimum absolute atomic E-state index is 0.108. The summed E-state index contributed by atoms with van der Waals surface area (Å²) in [6, 6.07) is 0. The molecule has 0 aliphatic heterocycles. The van der Waals surface area contributed by atoms with E-state index in [0.29, 0.717) is 25.7 Å². The predicted octanol–water partition coefficient (Wildman–Crippen LogP) is 27.0. The van der Waals surface area contributed by atoms with Crippen LogP contribution in [0, 0.1) is 11.8 Å². The summed E-state index contributed by atoms with van der Waals surface area (Å²) in [7, 11) is -9.93. The lowest BCUT2D eigenvalue weighted by atomic mass is 10.0. The second kappa shape index (κ2) is 79.3. The van der Waals surface area contributed by atoms with E-state index in [1.807, 2.05) is 0 Å². The molecule has 0 saturated heterocycles. The van der Waals surface area contributed by atoms with E-state index in [0.717, 1.165) is 102 Å². The van der Waals surface area contributed by atoms with Gasteiger partial charge in [0, 0.05) is 25.7 Å². The smallest absolute Gasteiger partial charge is 0.462 e. The summed E-state index contributed by atoms with van der Waals surface area (Å²) in [4.78, 5) is 73.2. The number of hydrogen-bond donors (Lipinski definition) is 3. The zero-order valence-corrected chi connectivity index (χ0v) is 72.2. The zero-order valence-electron chi connectivity index (χ0n) is 70.5. The fourth-order valence-electron chi connectivity index (χ4n) is 13.8. The summed E-state index contributed by atoms with van der Waals surface area (Å²) >= 11 is 0. The largest absolute Gasteiger partial charge is 0.472 e. The first kappa shape index (κ1) is 105. The van der Waals surface area contributed by atoms with Crippen LogP contribution >= 0.6 is 15.6 Å². The Morgan fingerprint density at radius 3 is 0.636 bits per heavy atom. The Bertz CT molecular complexity index is 2050. The van der Waals surface area contributed by atoms with Crippen LogP contribution in [0.15, 0.2) is 0 Å². The van der Waals surface area contributed by atoms with E-state index < -0.39 is 97.5 Å². The van der Waals surface area contributed by atoms with Crippen molar-refractivity contribution in [3.05, 3.63) is 0 Å². The van der Waals surface area contributed by atoms with Crippen LogP contribution in [-0.2, 0) is 65.4 Å². The third-order valence-corrected chi connectivity index (χ3v) is 22.6. The molecule has 0 amide bonds. The minimum Gasteiger partial charge on any atom is -0.462 e. The molecule has 19 heteroatoms. The molecule has 0 fully saturated rings. The molecule has 17 nitrogen and oxygen atoms in total. The number of carbonyl (C=O) groups is 4. The van der Waals surface area contributed by atoms with Crippen molar-refractivity contribution in [3.63, 3.8) is 0 Å². The van der Waals surface area contributed by atoms with Gasteiger partial charge in [-0.25, -0.2) is 9.13 Å². The summed E-state index contributed by atoms with van der Waals surface area (Å²) in [5.74, 6) is -0.478. The van der Waals surface area contributed by atoms with E-state index in [4.69, 9.17) is 37.0 Å². The third-order valence-electron chi connectivity index (χ3n) is 20.7. The molecule has 3 N–H and O–H groups in total. The molecule has 0 bridgehead atoms. The van der Waals surface area contributed by atoms with Gasteiger partial charge in [0.15, 0.2) is 12.2 Å². The fraction of sp³-hybridized carbons (Fsp3) is 0.955. The van der Waals surface area contributed by atoms with Gasteiger partial charge in [0.1, 0.15) is 19.3 Å². The lowest BCUT2D eigenvalue weighted by Gasteiger charge is -2.21. The number of ether oxygens (including phenoxy) is 4. The molecule has 0 heterocycles. The predicted molar refractivity (Wildman–Crippen MR) is 442 cm³/mol. The first-order chi connectivity index (χ1) is 51.9. The van der Waals surface area contributed by atoms with Crippen molar-refractivity contribution in [1.29, 1.82) is 0 Å². The highest BCUT2D eigenvalue weighted by Gasteiger charge is 2.30. The normalized spacial score (nSPS) is 13.8. The fourth-order valence-corrected chi connectivity index (χ4v) is 15.4. The third kappa shape index (κ3) is 81.9. The van der Waals surface area contributed by atoms with E-state index in [1.165, 1.54) is 289 Å². The van der Waals surface area contributed by atoms with Crippen LogP contribution in [0.4, 0.5) is 0 Å². The number of unbranched alkanes of at least 4 members (excludes halogenated alkanes) is 57. The molecule has 107 heavy (non-hydrogen) atoms. The SMILES string of the molecule is CCCCCCCCCCCCCCCCCCCCCCC(=O)O[C@H](COC(=O)CCCCCCCCCCCCCCCCCCC(C)C)COP(=O)(O)OC[C@@H](O)COP(=O)(O)OC[C@@H](COC(=O)CCCCCCCCCCC)OC(=O)CCCCCCCCCCCCCCCCCCC(C)C. The highest BCUT2D eigenvalue weighted by molar-refractivity contribution is 7.47. The number of phosphoric ester groups is 2. The molecule has 0 spiro atoms. The maximum Gasteiger partial charge on any atom is 0.472 e. The molecule has 0 radical (unpaired) electrons. The maximum absolute atomic E-state index is 13.2. The molecule has 0 aliphatic carbocycles.